The van der Waals surface area contributed by atoms with Gasteiger partial charge in [-0.2, -0.15) is 0 Å². The first-order chi connectivity index (χ1) is 11.1. The lowest BCUT2D eigenvalue weighted by Gasteiger charge is -2.10. The van der Waals surface area contributed by atoms with Gasteiger partial charge in [0.25, 0.3) is 0 Å². The van der Waals surface area contributed by atoms with E-state index in [2.05, 4.69) is 4.98 Å². The molecule has 2 aromatic heterocycles. The molecule has 118 valence electrons. The van der Waals surface area contributed by atoms with Crippen molar-refractivity contribution >= 4 is 28.5 Å². The van der Waals surface area contributed by atoms with Crippen LogP contribution in [0.5, 0.6) is 5.75 Å². The molecular formula is C17H15ClN2O3. The summed E-state index contributed by atoms with van der Waals surface area (Å²) in [4.78, 5) is 16.1. The van der Waals surface area contributed by atoms with Gasteiger partial charge in [0.2, 0.25) is 0 Å². The van der Waals surface area contributed by atoms with E-state index in [-0.39, 0.29) is 0 Å². The van der Waals surface area contributed by atoms with Crippen molar-refractivity contribution < 1.29 is 14.3 Å². The molecule has 3 rings (SSSR count). The van der Waals surface area contributed by atoms with Gasteiger partial charge in [-0.3, -0.25) is 0 Å². The number of fused-ring (bicyclic) bond motifs is 1. The quantitative estimate of drug-likeness (QED) is 0.542. The van der Waals surface area contributed by atoms with E-state index in [1.54, 1.807) is 25.4 Å². The molecule has 0 unspecified atom stereocenters. The molecule has 0 aliphatic rings. The van der Waals surface area contributed by atoms with Crippen LogP contribution in [0.1, 0.15) is 16.1 Å². The van der Waals surface area contributed by atoms with Crippen molar-refractivity contribution in [2.24, 2.45) is 0 Å². The van der Waals surface area contributed by atoms with E-state index in [1.807, 2.05) is 28.8 Å². The third-order valence-electron chi connectivity index (χ3n) is 3.65. The van der Waals surface area contributed by atoms with Crippen molar-refractivity contribution in [2.45, 2.75) is 6.54 Å². The molecule has 23 heavy (non-hydrogen) atoms. The molecule has 0 fully saturated rings. The molecule has 0 radical (unpaired) electrons. The SMILES string of the molecule is COC(=O)c1cc2cnc(Cl)cc2n1Cc1ccc(OC)cc1. The lowest BCUT2D eigenvalue weighted by atomic mass is 10.2. The average molecular weight is 331 g/mol. The zero-order valence-electron chi connectivity index (χ0n) is 12.7. The van der Waals surface area contributed by atoms with Crippen LogP contribution in [-0.4, -0.2) is 29.7 Å². The van der Waals surface area contributed by atoms with Gasteiger partial charge in [0.05, 0.1) is 19.7 Å². The normalized spacial score (nSPS) is 10.7. The van der Waals surface area contributed by atoms with Crippen molar-refractivity contribution in [3.8, 4) is 5.75 Å². The van der Waals surface area contributed by atoms with Crippen molar-refractivity contribution in [1.82, 2.24) is 9.55 Å². The van der Waals surface area contributed by atoms with E-state index in [0.717, 1.165) is 22.2 Å². The fraction of sp³-hybridized carbons (Fsp3) is 0.176. The van der Waals surface area contributed by atoms with Crippen LogP contribution in [0.15, 0.2) is 42.6 Å². The Morgan fingerprint density at radius 3 is 2.61 bits per heavy atom. The molecule has 0 atom stereocenters. The standard InChI is InChI=1S/C17H15ClN2O3/c1-22-13-5-3-11(4-6-13)10-20-14-8-16(18)19-9-12(14)7-15(20)17(21)23-2/h3-9H,10H2,1-2H3. The van der Waals surface area contributed by atoms with Gasteiger partial charge in [-0.05, 0) is 29.8 Å². The number of halogens is 1. The molecule has 0 saturated carbocycles. The van der Waals surface area contributed by atoms with Crippen LogP contribution in [0, 0.1) is 0 Å². The zero-order valence-corrected chi connectivity index (χ0v) is 13.5. The first-order valence-electron chi connectivity index (χ1n) is 6.98. The van der Waals surface area contributed by atoms with E-state index in [4.69, 9.17) is 21.1 Å². The van der Waals surface area contributed by atoms with Crippen LogP contribution in [-0.2, 0) is 11.3 Å². The minimum absolute atomic E-state index is 0.378. The van der Waals surface area contributed by atoms with Gasteiger partial charge in [-0.15, -0.1) is 0 Å². The molecule has 0 spiro atoms. The maximum Gasteiger partial charge on any atom is 0.354 e. The lowest BCUT2D eigenvalue weighted by molar-refractivity contribution is 0.0589. The third kappa shape index (κ3) is 3.00. The summed E-state index contributed by atoms with van der Waals surface area (Å²) in [5.74, 6) is 0.386. The first kappa shape index (κ1) is 15.4. The number of benzene rings is 1. The number of carbonyl (C=O) groups is 1. The van der Waals surface area contributed by atoms with Gasteiger partial charge in [0.1, 0.15) is 16.6 Å². The van der Waals surface area contributed by atoms with Crippen molar-refractivity contribution in [2.75, 3.05) is 14.2 Å². The number of nitrogens with zero attached hydrogens (tertiary/aromatic N) is 2. The molecule has 6 heteroatoms. The van der Waals surface area contributed by atoms with Crippen molar-refractivity contribution in [3.63, 3.8) is 0 Å². The molecule has 2 heterocycles. The Labute approximate surface area is 138 Å². The Morgan fingerprint density at radius 2 is 1.96 bits per heavy atom. The maximum atomic E-state index is 12.1. The Kier molecular flexibility index (Phi) is 4.21. The van der Waals surface area contributed by atoms with Gasteiger partial charge in [-0.1, -0.05) is 23.7 Å². The molecule has 0 amide bonds. The largest absolute Gasteiger partial charge is 0.497 e. The highest BCUT2D eigenvalue weighted by Crippen LogP contribution is 2.24. The summed E-state index contributed by atoms with van der Waals surface area (Å²) in [5, 5.41) is 1.21. The molecule has 5 nitrogen and oxygen atoms in total. The molecule has 3 aromatic rings. The molecule has 0 bridgehead atoms. The smallest absolute Gasteiger partial charge is 0.354 e. The second-order valence-corrected chi connectivity index (χ2v) is 5.41. The summed E-state index contributed by atoms with van der Waals surface area (Å²) in [6, 6.07) is 11.2. The molecular weight excluding hydrogens is 316 g/mol. The van der Waals surface area contributed by atoms with E-state index in [9.17, 15) is 4.79 Å². The third-order valence-corrected chi connectivity index (χ3v) is 3.85. The van der Waals surface area contributed by atoms with Gasteiger partial charge in [0.15, 0.2) is 0 Å². The molecule has 1 aromatic carbocycles. The second kappa shape index (κ2) is 6.30. The fourth-order valence-corrected chi connectivity index (χ4v) is 2.64. The van der Waals surface area contributed by atoms with Crippen LogP contribution in [0.3, 0.4) is 0 Å². The summed E-state index contributed by atoms with van der Waals surface area (Å²) in [5.41, 5.74) is 2.32. The van der Waals surface area contributed by atoms with E-state index in [1.165, 1.54) is 7.11 Å². The fourth-order valence-electron chi connectivity index (χ4n) is 2.49. The van der Waals surface area contributed by atoms with Gasteiger partial charge >= 0.3 is 5.97 Å². The summed E-state index contributed by atoms with van der Waals surface area (Å²) in [6.45, 7) is 0.512. The van der Waals surface area contributed by atoms with Crippen LogP contribution in [0.25, 0.3) is 10.9 Å². The highest BCUT2D eigenvalue weighted by molar-refractivity contribution is 6.30. The van der Waals surface area contributed by atoms with Crippen LogP contribution >= 0.6 is 11.6 Å². The van der Waals surface area contributed by atoms with E-state index >= 15 is 0 Å². The molecule has 0 N–H and O–H groups in total. The first-order valence-corrected chi connectivity index (χ1v) is 7.36. The van der Waals surface area contributed by atoms with E-state index < -0.39 is 5.97 Å². The number of hydrogen-bond acceptors (Lipinski definition) is 4. The summed E-state index contributed by atoms with van der Waals surface area (Å²) in [6.07, 6.45) is 1.65. The van der Waals surface area contributed by atoms with Crippen LogP contribution < -0.4 is 4.74 Å². The Bertz CT molecular complexity index is 856. The number of hydrogen-bond donors (Lipinski definition) is 0. The zero-order chi connectivity index (χ0) is 16.4. The number of pyridine rings is 1. The Balaban J connectivity index is 2.09. The minimum Gasteiger partial charge on any atom is -0.497 e. The molecule has 0 aliphatic heterocycles. The number of esters is 1. The number of ether oxygens (including phenoxy) is 2. The Hall–Kier alpha value is -2.53. The summed E-state index contributed by atoms with van der Waals surface area (Å²) < 4.78 is 11.9. The van der Waals surface area contributed by atoms with Gasteiger partial charge in [0, 0.05) is 18.1 Å². The minimum atomic E-state index is -0.397. The van der Waals surface area contributed by atoms with Gasteiger partial charge in [-0.25, -0.2) is 9.78 Å². The van der Waals surface area contributed by atoms with E-state index in [0.29, 0.717) is 17.4 Å². The second-order valence-electron chi connectivity index (χ2n) is 5.02. The van der Waals surface area contributed by atoms with Gasteiger partial charge < -0.3 is 14.0 Å². The lowest BCUT2D eigenvalue weighted by Crippen LogP contribution is -2.11. The summed E-state index contributed by atoms with van der Waals surface area (Å²) >= 11 is 6.00. The van der Waals surface area contributed by atoms with Crippen molar-refractivity contribution in [1.29, 1.82) is 0 Å². The van der Waals surface area contributed by atoms with Crippen LogP contribution in [0.4, 0.5) is 0 Å². The monoisotopic (exact) mass is 330 g/mol. The molecule has 0 aliphatic carbocycles. The number of methoxy groups -OCH3 is 2. The maximum absolute atomic E-state index is 12.1. The van der Waals surface area contributed by atoms with Crippen molar-refractivity contribution in [3.05, 3.63) is 59.0 Å². The summed E-state index contributed by atoms with van der Waals surface area (Å²) in [7, 11) is 2.99. The highest BCUT2D eigenvalue weighted by Gasteiger charge is 2.17. The number of carbonyl (C=O) groups excluding carboxylic acids is 1. The predicted molar refractivity (Wildman–Crippen MR) is 88.2 cm³/mol. The van der Waals surface area contributed by atoms with Crippen LogP contribution in [0.2, 0.25) is 5.15 Å². The average Bonchev–Trinajstić information content (AvgIpc) is 2.93. The highest BCUT2D eigenvalue weighted by atomic mass is 35.5. The molecule has 0 saturated heterocycles. The predicted octanol–water partition coefficient (Wildman–Crippen LogP) is 3.53. The Morgan fingerprint density at radius 1 is 1.22 bits per heavy atom. The number of rotatable bonds is 4. The number of aromatic nitrogens is 2. The topological polar surface area (TPSA) is 53.3 Å².